The molecule has 1 aliphatic rings. The Bertz CT molecular complexity index is 370. The van der Waals surface area contributed by atoms with Crippen LogP contribution in [0.5, 0.6) is 0 Å². The van der Waals surface area contributed by atoms with E-state index in [1.807, 2.05) is 44.2 Å². The molecule has 2 rings (SSSR count). The SMILES string of the molecule is CC1(C)C[C@H](c2ccccc2)C=[N+]([O-])O1. The van der Waals surface area contributed by atoms with Gasteiger partial charge in [0.15, 0.2) is 0 Å². The van der Waals surface area contributed by atoms with Crippen molar-refractivity contribution in [3.63, 3.8) is 0 Å². The minimum atomic E-state index is -0.392. The van der Waals surface area contributed by atoms with E-state index in [9.17, 15) is 5.21 Å². The Kier molecular flexibility index (Phi) is 2.39. The average molecular weight is 205 g/mol. The summed E-state index contributed by atoms with van der Waals surface area (Å²) in [5.74, 6) is 0.146. The molecule has 0 N–H and O–H groups in total. The third-order valence-electron chi connectivity index (χ3n) is 2.58. The van der Waals surface area contributed by atoms with Gasteiger partial charge in [0.2, 0.25) is 6.21 Å². The van der Waals surface area contributed by atoms with Crippen LogP contribution in [0.3, 0.4) is 0 Å². The molecule has 0 aliphatic carbocycles. The Hall–Kier alpha value is -1.51. The zero-order valence-electron chi connectivity index (χ0n) is 9.01. The molecule has 1 aromatic carbocycles. The standard InChI is InChI=1S/C12H15NO2/c1-12(2)8-11(9-13(14)15-12)10-6-4-3-5-7-10/h3-7,9,11H,8H2,1-2H3/t11-/m0/s1. The van der Waals surface area contributed by atoms with E-state index >= 15 is 0 Å². The van der Waals surface area contributed by atoms with Crippen LogP contribution in [0.2, 0.25) is 0 Å². The lowest BCUT2D eigenvalue weighted by Gasteiger charge is -2.33. The number of rotatable bonds is 1. The summed E-state index contributed by atoms with van der Waals surface area (Å²) in [6.07, 6.45) is 2.41. The summed E-state index contributed by atoms with van der Waals surface area (Å²) in [7, 11) is 0. The molecule has 0 saturated heterocycles. The Morgan fingerprint density at radius 3 is 2.60 bits per heavy atom. The summed E-state index contributed by atoms with van der Waals surface area (Å²) in [6.45, 7) is 3.86. The molecule has 0 aromatic heterocycles. The number of nitrogens with zero attached hydrogens (tertiary/aromatic N) is 1. The van der Waals surface area contributed by atoms with Crippen LogP contribution in [0.4, 0.5) is 0 Å². The Morgan fingerprint density at radius 1 is 1.33 bits per heavy atom. The minimum Gasteiger partial charge on any atom is -0.397 e. The van der Waals surface area contributed by atoms with Crippen LogP contribution in [-0.4, -0.2) is 16.7 Å². The van der Waals surface area contributed by atoms with Crippen molar-refractivity contribution in [2.24, 2.45) is 0 Å². The minimum absolute atomic E-state index is 0.146. The molecule has 3 nitrogen and oxygen atoms in total. The maximum Gasteiger partial charge on any atom is 0.217 e. The first kappa shape index (κ1) is 10.0. The lowest BCUT2D eigenvalue weighted by molar-refractivity contribution is -0.766. The molecule has 0 unspecified atom stereocenters. The first-order chi connectivity index (χ1) is 7.07. The summed E-state index contributed by atoms with van der Waals surface area (Å²) >= 11 is 0. The molecule has 0 bridgehead atoms. The molecule has 0 radical (unpaired) electrons. The van der Waals surface area contributed by atoms with Crippen LogP contribution in [0.25, 0.3) is 0 Å². The number of hydrogen-bond acceptors (Lipinski definition) is 2. The Labute approximate surface area is 89.5 Å². The second kappa shape index (κ2) is 3.57. The van der Waals surface area contributed by atoms with Gasteiger partial charge in [-0.25, -0.2) is 0 Å². The summed E-state index contributed by atoms with van der Waals surface area (Å²) < 4.78 is 0. The zero-order chi connectivity index (χ0) is 10.9. The fraction of sp³-hybridized carbons (Fsp3) is 0.417. The van der Waals surface area contributed by atoms with Gasteiger partial charge in [-0.3, -0.25) is 5.21 Å². The maximum absolute atomic E-state index is 11.3. The molecule has 15 heavy (non-hydrogen) atoms. The largest absolute Gasteiger partial charge is 0.397 e. The van der Waals surface area contributed by atoms with E-state index in [-0.39, 0.29) is 5.92 Å². The Morgan fingerprint density at radius 2 is 2.00 bits per heavy atom. The molecular formula is C12H15NO2. The molecular weight excluding hydrogens is 190 g/mol. The van der Waals surface area contributed by atoms with Crippen molar-refractivity contribution in [1.29, 1.82) is 0 Å². The maximum atomic E-state index is 11.3. The number of hydrogen-bond donors (Lipinski definition) is 0. The van der Waals surface area contributed by atoms with Crippen molar-refractivity contribution < 1.29 is 9.74 Å². The van der Waals surface area contributed by atoms with E-state index in [4.69, 9.17) is 4.84 Å². The van der Waals surface area contributed by atoms with E-state index in [0.717, 1.165) is 12.0 Å². The first-order valence-corrected chi connectivity index (χ1v) is 5.12. The topological polar surface area (TPSA) is 35.3 Å². The van der Waals surface area contributed by atoms with E-state index < -0.39 is 5.60 Å². The summed E-state index contributed by atoms with van der Waals surface area (Å²) in [6, 6.07) is 10.0. The van der Waals surface area contributed by atoms with Crippen LogP contribution in [0.15, 0.2) is 30.3 Å². The lowest BCUT2D eigenvalue weighted by atomic mass is 9.88. The third kappa shape index (κ3) is 2.29. The monoisotopic (exact) mass is 205 g/mol. The van der Waals surface area contributed by atoms with Crippen molar-refractivity contribution >= 4 is 6.21 Å². The summed E-state index contributed by atoms with van der Waals surface area (Å²) in [5, 5.41) is 11.3. The quantitative estimate of drug-likeness (QED) is 0.660. The van der Waals surface area contributed by atoms with Gasteiger partial charge in [-0.05, 0) is 25.8 Å². The van der Waals surface area contributed by atoms with Crippen LogP contribution >= 0.6 is 0 Å². The van der Waals surface area contributed by atoms with Crippen LogP contribution in [0, 0.1) is 5.21 Å². The second-order valence-electron chi connectivity index (χ2n) is 4.51. The highest BCUT2D eigenvalue weighted by Crippen LogP contribution is 2.30. The van der Waals surface area contributed by atoms with Crippen LogP contribution in [0.1, 0.15) is 31.7 Å². The second-order valence-corrected chi connectivity index (χ2v) is 4.51. The highest BCUT2D eigenvalue weighted by atomic mass is 16.9. The molecule has 0 fully saturated rings. The summed E-state index contributed by atoms with van der Waals surface area (Å²) in [4.78, 5) is 5.73. The van der Waals surface area contributed by atoms with Crippen LogP contribution in [-0.2, 0) is 4.84 Å². The molecule has 0 amide bonds. The molecule has 1 aliphatic heterocycles. The van der Waals surface area contributed by atoms with Gasteiger partial charge in [0.05, 0.1) is 11.5 Å². The van der Waals surface area contributed by atoms with Gasteiger partial charge in [-0.2, -0.15) is 0 Å². The molecule has 3 heteroatoms. The predicted molar refractivity (Wildman–Crippen MR) is 58.7 cm³/mol. The van der Waals surface area contributed by atoms with Crippen LogP contribution < -0.4 is 0 Å². The van der Waals surface area contributed by atoms with Crippen molar-refractivity contribution in [3.8, 4) is 0 Å². The summed E-state index contributed by atoms with van der Waals surface area (Å²) in [5.41, 5.74) is 0.770. The average Bonchev–Trinajstić information content (AvgIpc) is 2.16. The van der Waals surface area contributed by atoms with Crippen molar-refractivity contribution in [2.75, 3.05) is 0 Å². The highest BCUT2D eigenvalue weighted by molar-refractivity contribution is 5.63. The molecule has 80 valence electrons. The van der Waals surface area contributed by atoms with Gasteiger partial charge >= 0.3 is 0 Å². The van der Waals surface area contributed by atoms with Crippen molar-refractivity contribution in [2.45, 2.75) is 31.8 Å². The van der Waals surface area contributed by atoms with Gasteiger partial charge in [-0.15, -0.1) is 0 Å². The molecule has 1 atom stereocenters. The molecule has 0 saturated carbocycles. The first-order valence-electron chi connectivity index (χ1n) is 5.12. The third-order valence-corrected chi connectivity index (χ3v) is 2.58. The van der Waals surface area contributed by atoms with Gasteiger partial charge in [0.1, 0.15) is 0 Å². The van der Waals surface area contributed by atoms with Gasteiger partial charge in [0.25, 0.3) is 0 Å². The fourth-order valence-corrected chi connectivity index (χ4v) is 1.94. The highest BCUT2D eigenvalue weighted by Gasteiger charge is 2.30. The lowest BCUT2D eigenvalue weighted by Crippen LogP contribution is -2.36. The van der Waals surface area contributed by atoms with Gasteiger partial charge < -0.3 is 4.84 Å². The van der Waals surface area contributed by atoms with E-state index in [2.05, 4.69) is 0 Å². The van der Waals surface area contributed by atoms with E-state index in [1.54, 1.807) is 6.21 Å². The predicted octanol–water partition coefficient (Wildman–Crippen LogP) is 2.47. The molecule has 1 aromatic rings. The normalized spacial score (nSPS) is 24.1. The van der Waals surface area contributed by atoms with Crippen molar-refractivity contribution in [1.82, 2.24) is 0 Å². The number of benzene rings is 1. The fourth-order valence-electron chi connectivity index (χ4n) is 1.94. The smallest absolute Gasteiger partial charge is 0.217 e. The van der Waals surface area contributed by atoms with E-state index in [1.165, 1.54) is 0 Å². The van der Waals surface area contributed by atoms with Gasteiger partial charge in [0, 0.05) is 4.90 Å². The van der Waals surface area contributed by atoms with Gasteiger partial charge in [-0.1, -0.05) is 30.3 Å². The van der Waals surface area contributed by atoms with Crippen molar-refractivity contribution in [3.05, 3.63) is 41.1 Å². The Balaban J connectivity index is 2.28. The zero-order valence-corrected chi connectivity index (χ0v) is 9.01. The van der Waals surface area contributed by atoms with E-state index in [0.29, 0.717) is 4.90 Å². The molecule has 0 spiro atoms. The molecule has 1 heterocycles.